The summed E-state index contributed by atoms with van der Waals surface area (Å²) in [7, 11) is -4.20. The molecule has 0 bridgehead atoms. The van der Waals surface area contributed by atoms with Gasteiger partial charge in [-0.15, -0.1) is 0 Å². The molecular weight excluding hydrogens is 641 g/mol. The standard InChI is InChI=1S/C36H39Cl2N3O4S/c1-4-5-21-39-36(43)34(23-28-13-8-6-9-14-28)40(24-30-31(37)17-12-18-32(30)38)35(42)25-41(33-20-19-26(2)22-27(33)3)46(44,45)29-15-10-7-11-16-29/h6-20,22,34H,4-5,21,23-25H2,1-3H3,(H,39,43)/t34-/m0/s1. The Labute approximate surface area is 282 Å². The number of unbranched alkanes of at least 4 members (excludes halogenated alkanes) is 1. The van der Waals surface area contributed by atoms with Crippen molar-refractivity contribution >= 4 is 50.7 Å². The van der Waals surface area contributed by atoms with E-state index in [1.807, 2.05) is 50.2 Å². The van der Waals surface area contributed by atoms with Crippen LogP contribution in [0.2, 0.25) is 10.0 Å². The second-order valence-corrected chi connectivity index (χ2v) is 13.9. The third kappa shape index (κ3) is 8.69. The van der Waals surface area contributed by atoms with Crippen LogP contribution in [-0.4, -0.2) is 44.3 Å². The molecule has 0 saturated heterocycles. The summed E-state index contributed by atoms with van der Waals surface area (Å²) in [5, 5.41) is 3.64. The lowest BCUT2D eigenvalue weighted by Crippen LogP contribution is -2.53. The quantitative estimate of drug-likeness (QED) is 0.141. The first-order chi connectivity index (χ1) is 22.0. The van der Waals surface area contributed by atoms with Crippen molar-refractivity contribution in [3.05, 3.63) is 129 Å². The molecule has 4 rings (SSSR count). The summed E-state index contributed by atoms with van der Waals surface area (Å²) in [4.78, 5) is 30.0. The van der Waals surface area contributed by atoms with Gasteiger partial charge in [-0.2, -0.15) is 0 Å². The molecule has 0 aliphatic carbocycles. The fraction of sp³-hybridized carbons (Fsp3) is 0.278. The first kappa shape index (κ1) is 35.0. The number of carbonyl (C=O) groups excluding carboxylic acids is 2. The zero-order chi connectivity index (χ0) is 33.3. The maximum absolute atomic E-state index is 14.6. The highest BCUT2D eigenvalue weighted by atomic mass is 35.5. The maximum atomic E-state index is 14.6. The van der Waals surface area contributed by atoms with Crippen LogP contribution in [0.1, 0.15) is 42.0 Å². The molecule has 1 atom stereocenters. The number of nitrogens with zero attached hydrogens (tertiary/aromatic N) is 2. The van der Waals surface area contributed by atoms with Crippen LogP contribution in [-0.2, 0) is 32.6 Å². The molecule has 0 saturated carbocycles. The molecule has 1 N–H and O–H groups in total. The molecule has 0 aliphatic rings. The third-order valence-electron chi connectivity index (χ3n) is 7.72. The highest BCUT2D eigenvalue weighted by molar-refractivity contribution is 7.92. The predicted molar refractivity (Wildman–Crippen MR) is 186 cm³/mol. The van der Waals surface area contributed by atoms with E-state index in [4.69, 9.17) is 23.2 Å². The van der Waals surface area contributed by atoms with Crippen LogP contribution in [0.4, 0.5) is 5.69 Å². The smallest absolute Gasteiger partial charge is 0.264 e. The third-order valence-corrected chi connectivity index (χ3v) is 10.2. The van der Waals surface area contributed by atoms with Gasteiger partial charge < -0.3 is 10.2 Å². The van der Waals surface area contributed by atoms with Crippen molar-refractivity contribution in [2.75, 3.05) is 17.4 Å². The number of hydrogen-bond donors (Lipinski definition) is 1. The Hall–Kier alpha value is -3.85. The molecule has 0 aromatic heterocycles. The minimum Gasteiger partial charge on any atom is -0.354 e. The van der Waals surface area contributed by atoms with Gasteiger partial charge in [0, 0.05) is 35.1 Å². The van der Waals surface area contributed by atoms with Crippen LogP contribution in [0, 0.1) is 13.8 Å². The van der Waals surface area contributed by atoms with E-state index in [0.29, 0.717) is 33.4 Å². The van der Waals surface area contributed by atoms with Crippen LogP contribution < -0.4 is 9.62 Å². The summed E-state index contributed by atoms with van der Waals surface area (Å²) < 4.78 is 29.5. The van der Waals surface area contributed by atoms with Crippen molar-refractivity contribution in [2.45, 2.75) is 57.5 Å². The molecule has 4 aromatic carbocycles. The van der Waals surface area contributed by atoms with E-state index in [1.54, 1.807) is 55.5 Å². The molecule has 46 heavy (non-hydrogen) atoms. The van der Waals surface area contributed by atoms with E-state index >= 15 is 0 Å². The van der Waals surface area contributed by atoms with E-state index in [1.165, 1.54) is 17.0 Å². The first-order valence-corrected chi connectivity index (χ1v) is 17.4. The molecule has 10 heteroatoms. The SMILES string of the molecule is CCCCNC(=O)[C@H](Cc1ccccc1)N(Cc1c(Cl)cccc1Cl)C(=O)CN(c1ccc(C)cc1C)S(=O)(=O)c1ccccc1. The molecular formula is C36H39Cl2N3O4S. The number of carbonyl (C=O) groups is 2. The minimum atomic E-state index is -4.20. The van der Waals surface area contributed by atoms with Gasteiger partial charge in [-0.05, 0) is 61.7 Å². The number of nitrogens with one attached hydrogen (secondary N) is 1. The molecule has 7 nitrogen and oxygen atoms in total. The van der Waals surface area contributed by atoms with E-state index in [9.17, 15) is 18.0 Å². The normalized spacial score (nSPS) is 11.9. The van der Waals surface area contributed by atoms with E-state index in [2.05, 4.69) is 5.32 Å². The molecule has 242 valence electrons. The zero-order valence-corrected chi connectivity index (χ0v) is 28.6. The molecule has 4 aromatic rings. The average Bonchev–Trinajstić information content (AvgIpc) is 3.04. The van der Waals surface area contributed by atoms with Crippen molar-refractivity contribution < 1.29 is 18.0 Å². The lowest BCUT2D eigenvalue weighted by Gasteiger charge is -2.34. The average molecular weight is 681 g/mol. The molecule has 0 aliphatic heterocycles. The van der Waals surface area contributed by atoms with Crippen molar-refractivity contribution in [1.82, 2.24) is 10.2 Å². The Morgan fingerprint density at radius 3 is 2.09 bits per heavy atom. The molecule has 2 amide bonds. The predicted octanol–water partition coefficient (Wildman–Crippen LogP) is 7.36. The van der Waals surface area contributed by atoms with Gasteiger partial charge in [0.2, 0.25) is 11.8 Å². The van der Waals surface area contributed by atoms with Crippen LogP contribution >= 0.6 is 23.2 Å². The highest BCUT2D eigenvalue weighted by Crippen LogP contribution is 2.30. The molecule has 0 fully saturated rings. The molecule has 0 spiro atoms. The van der Waals surface area contributed by atoms with Crippen molar-refractivity contribution in [1.29, 1.82) is 0 Å². The molecule has 0 radical (unpaired) electrons. The zero-order valence-electron chi connectivity index (χ0n) is 26.2. The van der Waals surface area contributed by atoms with Gasteiger partial charge in [0.1, 0.15) is 12.6 Å². The molecule has 0 unspecified atom stereocenters. The second kappa shape index (κ2) is 16.1. The summed E-state index contributed by atoms with van der Waals surface area (Å²) in [6, 6.07) is 26.8. The van der Waals surface area contributed by atoms with Crippen LogP contribution in [0.15, 0.2) is 102 Å². The van der Waals surface area contributed by atoms with Gasteiger partial charge in [-0.1, -0.05) is 109 Å². The summed E-state index contributed by atoms with van der Waals surface area (Å²) in [5.41, 5.74) is 3.30. The lowest BCUT2D eigenvalue weighted by atomic mass is 10.0. The van der Waals surface area contributed by atoms with E-state index in [0.717, 1.165) is 28.3 Å². The number of halogens is 2. The van der Waals surface area contributed by atoms with Crippen molar-refractivity contribution in [2.24, 2.45) is 0 Å². The Morgan fingerprint density at radius 1 is 0.848 bits per heavy atom. The summed E-state index contributed by atoms with van der Waals surface area (Å²) >= 11 is 13.2. The largest absolute Gasteiger partial charge is 0.354 e. The minimum absolute atomic E-state index is 0.0432. The Bertz CT molecular complexity index is 1730. The number of rotatable bonds is 14. The summed E-state index contributed by atoms with van der Waals surface area (Å²) in [6.07, 6.45) is 1.84. The number of hydrogen-bond acceptors (Lipinski definition) is 4. The fourth-order valence-corrected chi connectivity index (χ4v) is 7.25. The van der Waals surface area contributed by atoms with E-state index in [-0.39, 0.29) is 23.8 Å². The Morgan fingerprint density at radius 2 is 1.48 bits per heavy atom. The highest BCUT2D eigenvalue weighted by Gasteiger charge is 2.35. The fourth-order valence-electron chi connectivity index (χ4n) is 5.23. The van der Waals surface area contributed by atoms with Crippen molar-refractivity contribution in [3.63, 3.8) is 0 Å². The number of sulfonamides is 1. The molecule has 0 heterocycles. The van der Waals surface area contributed by atoms with Crippen molar-refractivity contribution in [3.8, 4) is 0 Å². The lowest BCUT2D eigenvalue weighted by molar-refractivity contribution is -0.140. The Balaban J connectivity index is 1.84. The maximum Gasteiger partial charge on any atom is 0.264 e. The first-order valence-electron chi connectivity index (χ1n) is 15.2. The number of benzene rings is 4. The second-order valence-electron chi connectivity index (χ2n) is 11.2. The number of anilines is 1. The summed E-state index contributed by atoms with van der Waals surface area (Å²) in [5.74, 6) is -0.931. The summed E-state index contributed by atoms with van der Waals surface area (Å²) in [6.45, 7) is 5.52. The van der Waals surface area contributed by atoms with Crippen LogP contribution in [0.3, 0.4) is 0 Å². The number of amides is 2. The van der Waals surface area contributed by atoms with Gasteiger partial charge >= 0.3 is 0 Å². The van der Waals surface area contributed by atoms with E-state index < -0.39 is 28.5 Å². The van der Waals surface area contributed by atoms with Crippen LogP contribution in [0.5, 0.6) is 0 Å². The van der Waals surface area contributed by atoms with Gasteiger partial charge in [-0.3, -0.25) is 13.9 Å². The number of aryl methyl sites for hydroxylation is 2. The van der Waals surface area contributed by atoms with Gasteiger partial charge in [0.15, 0.2) is 0 Å². The van der Waals surface area contributed by atoms with Gasteiger partial charge in [0.25, 0.3) is 10.0 Å². The Kier molecular flexibility index (Phi) is 12.3. The van der Waals surface area contributed by atoms with Gasteiger partial charge in [0.05, 0.1) is 10.6 Å². The monoisotopic (exact) mass is 679 g/mol. The topological polar surface area (TPSA) is 86.8 Å². The van der Waals surface area contributed by atoms with Crippen LogP contribution in [0.25, 0.3) is 0 Å². The van der Waals surface area contributed by atoms with Gasteiger partial charge in [-0.25, -0.2) is 8.42 Å².